The van der Waals surface area contributed by atoms with Gasteiger partial charge in [-0.05, 0) is 68.1 Å². The van der Waals surface area contributed by atoms with Crippen LogP contribution in [-0.2, 0) is 12.7 Å². The molecule has 216 valence electrons. The number of alkyl halides is 3. The summed E-state index contributed by atoms with van der Waals surface area (Å²) in [6.07, 6.45) is -0.0174. The van der Waals surface area contributed by atoms with Gasteiger partial charge in [0.1, 0.15) is 11.2 Å². The zero-order valence-corrected chi connectivity index (χ0v) is 23.0. The molecule has 0 radical (unpaired) electrons. The van der Waals surface area contributed by atoms with Crippen LogP contribution in [0.15, 0.2) is 48.8 Å². The molecule has 1 amide bonds. The van der Waals surface area contributed by atoms with Crippen LogP contribution in [-0.4, -0.2) is 62.9 Å². The average molecular weight is 577 g/mol. The van der Waals surface area contributed by atoms with Gasteiger partial charge >= 0.3 is 6.18 Å². The van der Waals surface area contributed by atoms with Crippen LogP contribution in [0, 0.1) is 24.6 Å². The molecule has 0 aliphatic carbocycles. The molecule has 2 fully saturated rings. The lowest BCUT2D eigenvalue weighted by atomic mass is 10.0. The Hall–Kier alpha value is -4.27. The van der Waals surface area contributed by atoms with Gasteiger partial charge in [0.05, 0.1) is 11.8 Å². The Kier molecular flexibility index (Phi) is 7.20. The van der Waals surface area contributed by atoms with Crippen molar-refractivity contribution in [2.45, 2.75) is 44.6 Å². The first-order chi connectivity index (χ1) is 20.0. The third-order valence-corrected chi connectivity index (χ3v) is 8.00. The van der Waals surface area contributed by atoms with Crippen molar-refractivity contribution in [1.29, 1.82) is 0 Å². The zero-order valence-electron chi connectivity index (χ0n) is 23.0. The van der Waals surface area contributed by atoms with Gasteiger partial charge in [-0.2, -0.15) is 13.2 Å². The summed E-state index contributed by atoms with van der Waals surface area (Å²) in [5.74, 6) is 4.67. The molecule has 0 spiro atoms. The molecule has 2 atom stereocenters. The number of hydrogen-bond donors (Lipinski definition) is 2. The lowest BCUT2D eigenvalue weighted by Crippen LogP contribution is -2.51. The lowest BCUT2D eigenvalue weighted by molar-refractivity contribution is -0.138. The van der Waals surface area contributed by atoms with E-state index < -0.39 is 23.5 Å². The number of aromatic amines is 1. The fraction of sp³-hybridized carbons (Fsp3) is 0.323. The maximum absolute atomic E-state index is 14.1. The third kappa shape index (κ3) is 5.60. The maximum Gasteiger partial charge on any atom is 0.416 e. The van der Waals surface area contributed by atoms with Crippen molar-refractivity contribution in [2.24, 2.45) is 0 Å². The molecule has 0 saturated carbocycles. The number of fused-ring (bicyclic) bond motifs is 3. The molecule has 11 heteroatoms. The zero-order chi connectivity index (χ0) is 29.6. The number of nitrogens with zero attached hydrogens (tertiary/aromatic N) is 4. The number of hydrogen-bond acceptors (Lipinski definition) is 5. The number of rotatable bonds is 4. The number of halogens is 4. The van der Waals surface area contributed by atoms with E-state index in [0.717, 1.165) is 43.8 Å². The van der Waals surface area contributed by atoms with E-state index in [2.05, 4.69) is 41.9 Å². The van der Waals surface area contributed by atoms with Crippen LogP contribution in [0.4, 0.5) is 23.2 Å². The van der Waals surface area contributed by atoms with Crippen molar-refractivity contribution in [1.82, 2.24) is 24.8 Å². The van der Waals surface area contributed by atoms with Gasteiger partial charge in [-0.3, -0.25) is 9.69 Å². The number of carbonyl (C=O) groups excluding carboxylic acids is 1. The number of anilines is 1. The number of likely N-dealkylation sites (N-methyl/N-ethyl adjacent to an activating group) is 1. The minimum absolute atomic E-state index is 0.0581. The second-order valence-electron chi connectivity index (χ2n) is 11.0. The van der Waals surface area contributed by atoms with Crippen molar-refractivity contribution in [2.75, 3.05) is 25.5 Å². The van der Waals surface area contributed by atoms with Gasteiger partial charge in [0.25, 0.3) is 5.91 Å². The smallest absolute Gasteiger partial charge is 0.342 e. The Bertz CT molecular complexity index is 1720. The van der Waals surface area contributed by atoms with Gasteiger partial charge in [-0.15, -0.1) is 0 Å². The molecule has 2 bridgehead atoms. The highest BCUT2D eigenvalue weighted by Crippen LogP contribution is 2.37. The van der Waals surface area contributed by atoms with Crippen LogP contribution in [0.5, 0.6) is 0 Å². The highest BCUT2D eigenvalue weighted by Gasteiger charge is 2.40. The lowest BCUT2D eigenvalue weighted by Gasteiger charge is -2.39. The summed E-state index contributed by atoms with van der Waals surface area (Å²) in [5, 5.41) is 2.61. The first kappa shape index (κ1) is 27.9. The van der Waals surface area contributed by atoms with Crippen LogP contribution in [0.1, 0.15) is 51.1 Å². The summed E-state index contributed by atoms with van der Waals surface area (Å²) in [6, 6.07) is 9.33. The molecular formula is C31H28F4N6O. The summed E-state index contributed by atoms with van der Waals surface area (Å²) in [5.41, 5.74) is 1.68. The van der Waals surface area contributed by atoms with Gasteiger partial charge in [0, 0.05) is 54.7 Å². The maximum atomic E-state index is 14.1. The van der Waals surface area contributed by atoms with Crippen molar-refractivity contribution in [3.63, 3.8) is 0 Å². The molecular weight excluding hydrogens is 548 g/mol. The SMILES string of the molecule is Cc1ccc(C(=O)Nc2ccc(CN3C4CCC3CN(C)C4)c(C(F)(F)F)c2)cc1C#Cc1cnc2[nH]cc(F)c2n1. The first-order valence-electron chi connectivity index (χ1n) is 13.6. The number of benzene rings is 2. The fourth-order valence-electron chi connectivity index (χ4n) is 5.87. The number of likely N-dealkylation sites (tertiary alicyclic amines) is 1. The predicted molar refractivity (Wildman–Crippen MR) is 150 cm³/mol. The Morgan fingerprint density at radius 1 is 1.12 bits per heavy atom. The van der Waals surface area contributed by atoms with E-state index in [1.807, 2.05) is 14.0 Å². The number of H-pyrrole nitrogens is 1. The van der Waals surface area contributed by atoms with Crippen molar-refractivity contribution >= 4 is 22.8 Å². The van der Waals surface area contributed by atoms with E-state index in [0.29, 0.717) is 11.2 Å². The molecule has 2 aliphatic heterocycles. The van der Waals surface area contributed by atoms with Crippen LogP contribution in [0.25, 0.3) is 11.2 Å². The molecule has 2 aromatic carbocycles. The van der Waals surface area contributed by atoms with Crippen LogP contribution in [0.2, 0.25) is 0 Å². The third-order valence-electron chi connectivity index (χ3n) is 8.00. The summed E-state index contributed by atoms with van der Waals surface area (Å²) in [4.78, 5) is 28.4. The summed E-state index contributed by atoms with van der Waals surface area (Å²) >= 11 is 0. The second-order valence-corrected chi connectivity index (χ2v) is 11.0. The van der Waals surface area contributed by atoms with Gasteiger partial charge in [0.15, 0.2) is 11.5 Å². The highest BCUT2D eigenvalue weighted by atomic mass is 19.4. The molecule has 6 rings (SSSR count). The highest BCUT2D eigenvalue weighted by molar-refractivity contribution is 6.04. The van der Waals surface area contributed by atoms with Crippen LogP contribution < -0.4 is 5.32 Å². The Morgan fingerprint density at radius 3 is 2.62 bits per heavy atom. The van der Waals surface area contributed by atoms with E-state index >= 15 is 0 Å². The van der Waals surface area contributed by atoms with E-state index in [1.54, 1.807) is 18.2 Å². The number of piperazine rings is 1. The number of aromatic nitrogens is 3. The Morgan fingerprint density at radius 2 is 1.88 bits per heavy atom. The average Bonchev–Trinajstić information content (AvgIpc) is 3.43. The second kappa shape index (κ2) is 10.9. The Labute approximate surface area is 240 Å². The van der Waals surface area contributed by atoms with Gasteiger partial charge < -0.3 is 15.2 Å². The minimum atomic E-state index is -4.57. The molecule has 2 saturated heterocycles. The molecule has 7 nitrogen and oxygen atoms in total. The number of aryl methyl sites for hydroxylation is 1. The minimum Gasteiger partial charge on any atom is -0.342 e. The van der Waals surface area contributed by atoms with Crippen LogP contribution in [0.3, 0.4) is 0 Å². The first-order valence-corrected chi connectivity index (χ1v) is 13.6. The number of amides is 1. The van der Waals surface area contributed by atoms with Gasteiger partial charge in [-0.25, -0.2) is 14.4 Å². The number of nitrogens with one attached hydrogen (secondary N) is 2. The molecule has 4 aromatic rings. The molecule has 2 aliphatic rings. The topological polar surface area (TPSA) is 77.2 Å². The summed E-state index contributed by atoms with van der Waals surface area (Å²) in [6.45, 7) is 3.74. The van der Waals surface area contributed by atoms with E-state index in [4.69, 9.17) is 0 Å². The van der Waals surface area contributed by atoms with E-state index in [-0.39, 0.29) is 46.7 Å². The number of carbonyl (C=O) groups is 1. The molecule has 2 aromatic heterocycles. The van der Waals surface area contributed by atoms with E-state index in [9.17, 15) is 22.4 Å². The summed E-state index contributed by atoms with van der Waals surface area (Å²) in [7, 11) is 2.05. The molecule has 2 N–H and O–H groups in total. The van der Waals surface area contributed by atoms with Crippen molar-refractivity contribution < 1.29 is 22.4 Å². The van der Waals surface area contributed by atoms with E-state index in [1.165, 1.54) is 18.3 Å². The largest absolute Gasteiger partial charge is 0.416 e. The normalized spacial score (nSPS) is 19.1. The quantitative estimate of drug-likeness (QED) is 0.253. The Balaban J connectivity index is 1.21. The molecule has 42 heavy (non-hydrogen) atoms. The fourth-order valence-corrected chi connectivity index (χ4v) is 5.87. The van der Waals surface area contributed by atoms with Crippen molar-refractivity contribution in [3.8, 4) is 11.8 Å². The summed E-state index contributed by atoms with van der Waals surface area (Å²) < 4.78 is 56.3. The predicted octanol–water partition coefficient (Wildman–Crippen LogP) is 5.35. The van der Waals surface area contributed by atoms with Crippen molar-refractivity contribution in [3.05, 3.63) is 88.1 Å². The molecule has 2 unspecified atom stereocenters. The monoisotopic (exact) mass is 576 g/mol. The van der Waals surface area contributed by atoms with Gasteiger partial charge in [-0.1, -0.05) is 18.1 Å². The standard InChI is InChI=1S/C31H28F4N6O/c1-18-3-4-20(11-19(18)5-8-23-13-36-29-28(38-23)27(32)14-37-29)30(42)39-22-7-6-21(26(12-22)31(33,34)35)15-41-24-9-10-25(41)17-40(2)16-24/h3-4,6-7,11-14,24-25H,9-10,15-17H2,1-2H3,(H,36,37)(H,39,42). The molecule has 4 heterocycles. The van der Waals surface area contributed by atoms with Gasteiger partial charge in [0.2, 0.25) is 0 Å². The van der Waals surface area contributed by atoms with Crippen LogP contribution >= 0.6 is 0 Å².